The normalized spacial score (nSPS) is 13.2. The molecule has 0 saturated carbocycles. The molecule has 2 aromatic heterocycles. The lowest BCUT2D eigenvalue weighted by Gasteiger charge is -2.29. The molecule has 238 valence electrons. The van der Waals surface area contributed by atoms with Crippen molar-refractivity contribution < 1.29 is 0 Å². The summed E-state index contributed by atoms with van der Waals surface area (Å²) in [5.41, 5.74) is 13.3. The monoisotopic (exact) mass is 676 g/mol. The number of aromatic nitrogens is 1. The van der Waals surface area contributed by atoms with Crippen LogP contribution in [0.4, 0.5) is 17.1 Å². The molecule has 9 aromatic rings. The molecule has 2 heterocycles. The second-order valence-corrected chi connectivity index (χ2v) is 15.6. The van der Waals surface area contributed by atoms with Gasteiger partial charge in [-0.15, -0.1) is 22.7 Å². The molecular weight excluding hydrogens is 645 g/mol. The molecule has 0 fully saturated rings. The SMILES string of the molecule is CC1(C)c2ccccc2-c2ccc(N(c3ccc(-c4ccccc4)cc3)c3c4sc(-c5ccccc5)nc4cc4c3sc3ccccc34)cc21. The fourth-order valence-corrected chi connectivity index (χ4v) is 10.2. The smallest absolute Gasteiger partial charge is 0.124 e. The molecule has 0 radical (unpaired) electrons. The summed E-state index contributed by atoms with van der Waals surface area (Å²) >= 11 is 3.67. The van der Waals surface area contributed by atoms with Gasteiger partial charge in [-0.1, -0.05) is 135 Å². The molecule has 0 amide bonds. The van der Waals surface area contributed by atoms with Crippen molar-refractivity contribution in [1.29, 1.82) is 0 Å². The number of rotatable bonds is 5. The number of fused-ring (bicyclic) bond motifs is 7. The van der Waals surface area contributed by atoms with Crippen LogP contribution in [0.1, 0.15) is 25.0 Å². The van der Waals surface area contributed by atoms with E-state index in [1.807, 2.05) is 11.3 Å². The number of thiophene rings is 1. The van der Waals surface area contributed by atoms with Gasteiger partial charge in [-0.05, 0) is 69.8 Å². The highest BCUT2D eigenvalue weighted by Gasteiger charge is 2.36. The highest BCUT2D eigenvalue weighted by atomic mass is 32.1. The van der Waals surface area contributed by atoms with E-state index in [2.05, 4.69) is 176 Å². The Kier molecular flexibility index (Phi) is 6.61. The van der Waals surface area contributed by atoms with Crippen LogP contribution in [0.2, 0.25) is 0 Å². The van der Waals surface area contributed by atoms with E-state index in [4.69, 9.17) is 4.98 Å². The van der Waals surface area contributed by atoms with Crippen molar-refractivity contribution in [2.45, 2.75) is 19.3 Å². The number of nitrogens with zero attached hydrogens (tertiary/aromatic N) is 2. The van der Waals surface area contributed by atoms with E-state index in [0.717, 1.165) is 27.5 Å². The van der Waals surface area contributed by atoms with Crippen molar-refractivity contribution in [3.05, 3.63) is 169 Å². The highest BCUT2D eigenvalue weighted by molar-refractivity contribution is 7.27. The quantitative estimate of drug-likeness (QED) is 0.180. The third-order valence-electron chi connectivity index (χ3n) is 10.3. The summed E-state index contributed by atoms with van der Waals surface area (Å²) in [6, 6.07) is 57.4. The van der Waals surface area contributed by atoms with Gasteiger partial charge in [-0.2, -0.15) is 0 Å². The molecule has 0 unspecified atom stereocenters. The molecule has 0 atom stereocenters. The van der Waals surface area contributed by atoms with Crippen molar-refractivity contribution in [1.82, 2.24) is 4.98 Å². The third kappa shape index (κ3) is 4.49. The van der Waals surface area contributed by atoms with Gasteiger partial charge in [0.1, 0.15) is 5.01 Å². The van der Waals surface area contributed by atoms with Gasteiger partial charge in [0.2, 0.25) is 0 Å². The molecule has 50 heavy (non-hydrogen) atoms. The summed E-state index contributed by atoms with van der Waals surface area (Å²) in [5.74, 6) is 0. The van der Waals surface area contributed by atoms with Crippen LogP contribution < -0.4 is 4.90 Å². The van der Waals surface area contributed by atoms with Crippen molar-refractivity contribution >= 4 is 70.1 Å². The lowest BCUT2D eigenvalue weighted by molar-refractivity contribution is 0.660. The fraction of sp³-hybridized carbons (Fsp3) is 0.0652. The minimum atomic E-state index is -0.116. The van der Waals surface area contributed by atoms with Gasteiger partial charge in [0.25, 0.3) is 0 Å². The van der Waals surface area contributed by atoms with E-state index in [-0.39, 0.29) is 5.41 Å². The summed E-state index contributed by atoms with van der Waals surface area (Å²) in [6.45, 7) is 4.72. The maximum atomic E-state index is 5.31. The first-order valence-corrected chi connectivity index (χ1v) is 18.7. The second-order valence-electron chi connectivity index (χ2n) is 13.6. The number of anilines is 3. The molecule has 1 aliphatic carbocycles. The summed E-state index contributed by atoms with van der Waals surface area (Å²) < 4.78 is 3.75. The molecule has 7 aromatic carbocycles. The minimum Gasteiger partial charge on any atom is -0.308 e. The molecule has 0 spiro atoms. The lowest BCUT2D eigenvalue weighted by Crippen LogP contribution is -2.16. The predicted octanol–water partition coefficient (Wildman–Crippen LogP) is 13.8. The van der Waals surface area contributed by atoms with Gasteiger partial charge in [0.05, 0.1) is 20.6 Å². The van der Waals surface area contributed by atoms with Crippen LogP contribution in [0.25, 0.3) is 63.2 Å². The minimum absolute atomic E-state index is 0.116. The summed E-state index contributed by atoms with van der Waals surface area (Å²) in [4.78, 5) is 7.81. The van der Waals surface area contributed by atoms with Gasteiger partial charge in [0, 0.05) is 37.8 Å². The summed E-state index contributed by atoms with van der Waals surface area (Å²) in [6.07, 6.45) is 0. The van der Waals surface area contributed by atoms with E-state index in [0.29, 0.717) is 0 Å². The highest BCUT2D eigenvalue weighted by Crippen LogP contribution is 2.54. The molecule has 0 aliphatic heterocycles. The van der Waals surface area contributed by atoms with Gasteiger partial charge in [-0.3, -0.25) is 0 Å². The molecule has 0 saturated heterocycles. The van der Waals surface area contributed by atoms with E-state index < -0.39 is 0 Å². The van der Waals surface area contributed by atoms with E-state index in [9.17, 15) is 0 Å². The third-order valence-corrected chi connectivity index (χ3v) is 12.6. The van der Waals surface area contributed by atoms with Gasteiger partial charge < -0.3 is 4.90 Å². The van der Waals surface area contributed by atoms with Crippen molar-refractivity contribution in [3.63, 3.8) is 0 Å². The van der Waals surface area contributed by atoms with E-state index in [1.54, 1.807) is 11.3 Å². The Morgan fingerprint density at radius 3 is 1.94 bits per heavy atom. The van der Waals surface area contributed by atoms with Crippen LogP contribution >= 0.6 is 22.7 Å². The second kappa shape index (κ2) is 11.2. The first-order valence-electron chi connectivity index (χ1n) is 17.0. The van der Waals surface area contributed by atoms with Gasteiger partial charge >= 0.3 is 0 Å². The zero-order chi connectivity index (χ0) is 33.4. The van der Waals surface area contributed by atoms with Crippen molar-refractivity contribution in [2.24, 2.45) is 0 Å². The Morgan fingerprint density at radius 1 is 0.500 bits per heavy atom. The Hall–Kier alpha value is -5.55. The van der Waals surface area contributed by atoms with Crippen LogP contribution in [-0.2, 0) is 5.41 Å². The zero-order valence-electron chi connectivity index (χ0n) is 27.7. The number of hydrogen-bond donors (Lipinski definition) is 0. The Bertz CT molecular complexity index is 2720. The maximum Gasteiger partial charge on any atom is 0.124 e. The summed E-state index contributed by atoms with van der Waals surface area (Å²) in [7, 11) is 0. The predicted molar refractivity (Wildman–Crippen MR) is 216 cm³/mol. The molecule has 1 aliphatic rings. The molecule has 2 nitrogen and oxygen atoms in total. The fourth-order valence-electron chi connectivity index (χ4n) is 7.80. The molecule has 10 rings (SSSR count). The Balaban J connectivity index is 1.27. The van der Waals surface area contributed by atoms with Gasteiger partial charge in [-0.25, -0.2) is 4.98 Å². The molecule has 4 heteroatoms. The number of hydrogen-bond acceptors (Lipinski definition) is 4. The lowest BCUT2D eigenvalue weighted by atomic mass is 9.82. The van der Waals surface area contributed by atoms with Crippen molar-refractivity contribution in [2.75, 3.05) is 4.90 Å². The van der Waals surface area contributed by atoms with Crippen LogP contribution in [-0.4, -0.2) is 4.98 Å². The number of benzene rings is 7. The topological polar surface area (TPSA) is 16.1 Å². The maximum absolute atomic E-state index is 5.31. The Labute approximate surface area is 299 Å². The van der Waals surface area contributed by atoms with Crippen LogP contribution in [0.5, 0.6) is 0 Å². The first-order chi connectivity index (χ1) is 24.5. The van der Waals surface area contributed by atoms with E-state index >= 15 is 0 Å². The summed E-state index contributed by atoms with van der Waals surface area (Å²) in [5, 5.41) is 3.56. The molecular formula is C46H32N2S2. The van der Waals surface area contributed by atoms with Gasteiger partial charge in [0.15, 0.2) is 0 Å². The largest absolute Gasteiger partial charge is 0.308 e. The molecule has 0 bridgehead atoms. The average Bonchev–Trinajstić information content (AvgIpc) is 3.83. The van der Waals surface area contributed by atoms with Crippen LogP contribution in [0, 0.1) is 0 Å². The zero-order valence-corrected chi connectivity index (χ0v) is 29.4. The van der Waals surface area contributed by atoms with Crippen LogP contribution in [0.15, 0.2) is 158 Å². The Morgan fingerprint density at radius 2 is 1.14 bits per heavy atom. The number of thiazole rings is 1. The first kappa shape index (κ1) is 29.4. The average molecular weight is 677 g/mol. The standard InChI is InChI=1S/C46H32N2S2/c1-46(2)38-19-11-9-17-34(38)35-26-25-33(27-39(35)46)48(32-23-21-30(22-24-32)29-13-5-3-6-14-29)42-43-37(36-18-10-12-20-41(36)49-43)28-40-44(42)50-45(47-40)31-15-7-4-8-16-31/h3-28H,1-2H3. The van der Waals surface area contributed by atoms with Crippen molar-refractivity contribution in [3.8, 4) is 32.8 Å². The van der Waals surface area contributed by atoms with E-state index in [1.165, 1.54) is 63.9 Å². The molecule has 0 N–H and O–H groups in total. The van der Waals surface area contributed by atoms with Crippen LogP contribution in [0.3, 0.4) is 0 Å².